The molecule has 0 aromatic heterocycles. The smallest absolute Gasteiger partial charge is 0.336 e. The van der Waals surface area contributed by atoms with E-state index in [4.69, 9.17) is 9.47 Å². The zero-order valence-electron chi connectivity index (χ0n) is 20.2. The number of hydrogen-bond donors (Lipinski definition) is 1. The van der Waals surface area contributed by atoms with Crippen molar-refractivity contribution in [2.24, 2.45) is 0 Å². The third kappa shape index (κ3) is 6.13. The Kier molecular flexibility index (Phi) is 8.38. The zero-order valence-corrected chi connectivity index (χ0v) is 20.2. The lowest BCUT2D eigenvalue weighted by molar-refractivity contribution is -0.384. The molecule has 184 valence electrons. The van der Waals surface area contributed by atoms with Gasteiger partial charge in [-0.1, -0.05) is 42.5 Å². The number of non-ortho nitro benzene ring substituents is 1. The summed E-state index contributed by atoms with van der Waals surface area (Å²) in [6, 6.07) is 15.8. The highest BCUT2D eigenvalue weighted by atomic mass is 16.6. The van der Waals surface area contributed by atoms with E-state index < -0.39 is 22.8 Å². The van der Waals surface area contributed by atoms with Gasteiger partial charge in [0.1, 0.15) is 6.61 Å². The number of nitrogens with one attached hydrogen (secondary N) is 1. The van der Waals surface area contributed by atoms with Gasteiger partial charge in [0.05, 0.1) is 29.1 Å². The van der Waals surface area contributed by atoms with Crippen LogP contribution in [0.1, 0.15) is 30.9 Å². The number of rotatable bonds is 9. The molecule has 35 heavy (non-hydrogen) atoms. The molecule has 2 aromatic rings. The number of esters is 2. The van der Waals surface area contributed by atoms with Crippen LogP contribution in [0.4, 0.5) is 5.69 Å². The average molecular weight is 479 g/mol. The number of allylic oxidation sites excluding steroid dienone is 2. The first-order valence-corrected chi connectivity index (χ1v) is 11.1. The van der Waals surface area contributed by atoms with Crippen LogP contribution in [0.15, 0.2) is 77.1 Å². The number of nitro groups is 1. The van der Waals surface area contributed by atoms with Gasteiger partial charge in [-0.15, -0.1) is 0 Å². The predicted octanol–water partition coefficient (Wildman–Crippen LogP) is 3.68. The lowest BCUT2D eigenvalue weighted by Gasteiger charge is -2.30. The lowest BCUT2D eigenvalue weighted by Crippen LogP contribution is -2.33. The maximum Gasteiger partial charge on any atom is 0.336 e. The number of carbonyl (C=O) groups excluding carboxylic acids is 2. The summed E-state index contributed by atoms with van der Waals surface area (Å²) in [6.45, 7) is 4.74. The van der Waals surface area contributed by atoms with Crippen LogP contribution in [0.25, 0.3) is 0 Å². The van der Waals surface area contributed by atoms with E-state index in [-0.39, 0.29) is 23.4 Å². The molecule has 0 spiro atoms. The van der Waals surface area contributed by atoms with Gasteiger partial charge in [0.2, 0.25) is 0 Å². The molecule has 2 aromatic carbocycles. The fourth-order valence-corrected chi connectivity index (χ4v) is 4.14. The molecule has 0 saturated heterocycles. The summed E-state index contributed by atoms with van der Waals surface area (Å²) in [6.07, 6.45) is 0. The number of nitrogens with zero attached hydrogens (tertiary/aromatic N) is 2. The summed E-state index contributed by atoms with van der Waals surface area (Å²) in [5.74, 6) is -2.11. The Bertz CT molecular complexity index is 1170. The molecule has 1 aliphatic rings. The number of dihydropyridines is 1. The van der Waals surface area contributed by atoms with Crippen LogP contribution < -0.4 is 5.32 Å². The Labute approximate surface area is 204 Å². The molecule has 9 heteroatoms. The molecule has 1 atom stereocenters. The van der Waals surface area contributed by atoms with Gasteiger partial charge in [-0.05, 0) is 32.0 Å². The van der Waals surface area contributed by atoms with Gasteiger partial charge in [-0.3, -0.25) is 15.0 Å². The molecular formula is C26H29N3O6. The molecular weight excluding hydrogens is 449 g/mol. The highest BCUT2D eigenvalue weighted by molar-refractivity contribution is 5.99. The molecule has 1 heterocycles. The molecule has 1 unspecified atom stereocenters. The van der Waals surface area contributed by atoms with Gasteiger partial charge in [-0.25, -0.2) is 9.59 Å². The van der Waals surface area contributed by atoms with Crippen LogP contribution in [0.5, 0.6) is 0 Å². The topological polar surface area (TPSA) is 111 Å². The van der Waals surface area contributed by atoms with Crippen LogP contribution in [-0.2, 0) is 25.6 Å². The average Bonchev–Trinajstić information content (AvgIpc) is 2.83. The molecule has 0 radical (unpaired) electrons. The van der Waals surface area contributed by atoms with Crippen LogP contribution in [0.3, 0.4) is 0 Å². The summed E-state index contributed by atoms with van der Waals surface area (Å²) in [4.78, 5) is 38.8. The minimum atomic E-state index is -0.877. The maximum absolute atomic E-state index is 13.3. The summed E-state index contributed by atoms with van der Waals surface area (Å²) in [5, 5.41) is 14.4. The third-order valence-electron chi connectivity index (χ3n) is 5.80. The van der Waals surface area contributed by atoms with E-state index in [0.717, 1.165) is 5.56 Å². The number of ether oxygens (including phenoxy) is 2. The van der Waals surface area contributed by atoms with Crippen molar-refractivity contribution in [1.29, 1.82) is 0 Å². The molecule has 1 N–H and O–H groups in total. The normalized spacial score (nSPS) is 15.6. The molecule has 3 rings (SSSR count). The van der Waals surface area contributed by atoms with Gasteiger partial charge < -0.3 is 14.8 Å². The van der Waals surface area contributed by atoms with Crippen LogP contribution in [0, 0.1) is 10.1 Å². The van der Waals surface area contributed by atoms with Crippen molar-refractivity contribution in [3.05, 3.63) is 98.4 Å². The van der Waals surface area contributed by atoms with E-state index in [1.54, 1.807) is 19.9 Å². The van der Waals surface area contributed by atoms with E-state index in [2.05, 4.69) is 5.32 Å². The maximum atomic E-state index is 13.3. The Morgan fingerprint density at radius 2 is 1.69 bits per heavy atom. The predicted molar refractivity (Wildman–Crippen MR) is 130 cm³/mol. The standard InChI is InChI=1S/C26H29N3O6/c1-17-22(25(30)34-4)24(20-11-8-12-21(15-20)29(32)33)23(18(2)27-17)26(31)35-14-13-28(3)16-19-9-6-5-7-10-19/h5-12,15,24,27H,13-14,16H2,1-4H3/i4-1. The minimum absolute atomic E-state index is 0.136. The monoisotopic (exact) mass is 478 g/mol. The first-order valence-electron chi connectivity index (χ1n) is 11.1. The van der Waals surface area contributed by atoms with E-state index in [0.29, 0.717) is 30.0 Å². The van der Waals surface area contributed by atoms with Crippen molar-refractivity contribution in [1.82, 2.24) is 10.2 Å². The molecule has 0 amide bonds. The fourth-order valence-electron chi connectivity index (χ4n) is 4.14. The molecule has 0 saturated carbocycles. The number of likely N-dealkylation sites (N-methyl/N-ethyl adjacent to an activating group) is 1. The summed E-state index contributed by atoms with van der Waals surface area (Å²) in [7, 11) is 3.18. The van der Waals surface area contributed by atoms with Crippen molar-refractivity contribution in [3.8, 4) is 0 Å². The van der Waals surface area contributed by atoms with E-state index in [9.17, 15) is 19.7 Å². The first-order chi connectivity index (χ1) is 16.7. The van der Waals surface area contributed by atoms with Crippen LogP contribution in [0.2, 0.25) is 0 Å². The van der Waals surface area contributed by atoms with Gasteiger partial charge in [0.15, 0.2) is 0 Å². The Morgan fingerprint density at radius 3 is 2.31 bits per heavy atom. The van der Waals surface area contributed by atoms with Crippen molar-refractivity contribution in [3.63, 3.8) is 0 Å². The fraction of sp³-hybridized carbons (Fsp3) is 0.308. The number of nitro benzene ring substituents is 1. The SMILES string of the molecule is CC1=C(C(=O)O[11CH3])C(c2cccc([N+](=O)[O-])c2)C(C(=O)OCCN(C)Cc2ccccc2)=C(C)N1. The molecule has 0 bridgehead atoms. The molecule has 0 aliphatic carbocycles. The number of carbonyl (C=O) groups is 2. The Morgan fingerprint density at radius 1 is 1.03 bits per heavy atom. The number of hydrogen-bond acceptors (Lipinski definition) is 8. The number of benzene rings is 2. The quantitative estimate of drug-likeness (QED) is 0.330. The largest absolute Gasteiger partial charge is 0.466 e. The van der Waals surface area contributed by atoms with Crippen molar-refractivity contribution < 1.29 is 24.0 Å². The third-order valence-corrected chi connectivity index (χ3v) is 5.80. The van der Waals surface area contributed by atoms with Crippen molar-refractivity contribution in [2.45, 2.75) is 26.3 Å². The second-order valence-electron chi connectivity index (χ2n) is 8.34. The van der Waals surface area contributed by atoms with Gasteiger partial charge in [-0.2, -0.15) is 0 Å². The first kappa shape index (κ1) is 25.6. The lowest BCUT2D eigenvalue weighted by atomic mass is 9.80. The highest BCUT2D eigenvalue weighted by Gasteiger charge is 2.38. The van der Waals surface area contributed by atoms with Gasteiger partial charge in [0.25, 0.3) is 5.69 Å². The molecule has 9 nitrogen and oxygen atoms in total. The van der Waals surface area contributed by atoms with Gasteiger partial charge >= 0.3 is 11.9 Å². The number of methoxy groups -OCH3 is 1. The van der Waals surface area contributed by atoms with E-state index in [1.807, 2.05) is 42.3 Å². The Balaban J connectivity index is 1.84. The van der Waals surface area contributed by atoms with Crippen LogP contribution in [-0.4, -0.2) is 49.1 Å². The second-order valence-corrected chi connectivity index (χ2v) is 8.34. The molecule has 0 fully saturated rings. The van der Waals surface area contributed by atoms with Crippen LogP contribution >= 0.6 is 0 Å². The minimum Gasteiger partial charge on any atom is -0.466 e. The Hall–Kier alpha value is -3.98. The van der Waals surface area contributed by atoms with E-state index in [1.165, 1.54) is 25.3 Å². The second kappa shape index (κ2) is 11.4. The summed E-state index contributed by atoms with van der Waals surface area (Å²) < 4.78 is 10.6. The zero-order chi connectivity index (χ0) is 25.5. The summed E-state index contributed by atoms with van der Waals surface area (Å²) in [5.41, 5.74) is 2.85. The van der Waals surface area contributed by atoms with Crippen molar-refractivity contribution in [2.75, 3.05) is 27.3 Å². The molecule has 1 aliphatic heterocycles. The highest BCUT2D eigenvalue weighted by Crippen LogP contribution is 2.40. The van der Waals surface area contributed by atoms with Crippen molar-refractivity contribution >= 4 is 17.6 Å². The van der Waals surface area contributed by atoms with Gasteiger partial charge in [0, 0.05) is 36.6 Å². The summed E-state index contributed by atoms with van der Waals surface area (Å²) >= 11 is 0. The van der Waals surface area contributed by atoms with E-state index >= 15 is 0 Å².